The smallest absolute Gasteiger partial charge is 0.462 e. The predicted molar refractivity (Wildman–Crippen MR) is 303 cm³/mol. The second kappa shape index (κ2) is 51.0. The summed E-state index contributed by atoms with van der Waals surface area (Å²) in [7, 11) is -9.87. The Morgan fingerprint density at radius 2 is 0.662 bits per heavy atom. The Labute approximate surface area is 467 Å². The number of phosphoric acid groups is 2. The standard InChI is InChI=1S/C58H112O17P2/c1-7-10-12-14-16-21-28-34-40-55(60)68-46-53(74-57(62)42-36-30-22-17-15-13-11-8-2)48-72-76(64,65)70-44-52(59)45-71-77(66,67)73-49-54(47-69-56(61)41-35-29-25-24-27-33-39-51(6)9-3)75-58(63)43-37-31-23-19-18-20-26-32-38-50(4)5/h50-54,59H,7-49H2,1-6H3,(H,64,65)(H,66,67)/t51?,52-,53+,54+/m0/s1. The first-order chi connectivity index (χ1) is 36.9. The number of hydrogen-bond acceptors (Lipinski definition) is 15. The van der Waals surface area contributed by atoms with Crippen molar-refractivity contribution >= 4 is 39.5 Å². The van der Waals surface area contributed by atoms with Crippen LogP contribution in [-0.4, -0.2) is 96.7 Å². The van der Waals surface area contributed by atoms with E-state index in [9.17, 15) is 43.2 Å². The molecule has 0 fully saturated rings. The van der Waals surface area contributed by atoms with Gasteiger partial charge in [-0.05, 0) is 37.5 Å². The van der Waals surface area contributed by atoms with E-state index in [-0.39, 0.29) is 25.7 Å². The third kappa shape index (κ3) is 51.9. The second-order valence-electron chi connectivity index (χ2n) is 21.7. The van der Waals surface area contributed by atoms with E-state index >= 15 is 0 Å². The molecule has 0 heterocycles. The summed E-state index contributed by atoms with van der Waals surface area (Å²) in [6, 6.07) is 0. The van der Waals surface area contributed by atoms with Crippen molar-refractivity contribution in [2.24, 2.45) is 11.8 Å². The molecule has 19 heteroatoms. The number of esters is 4. The van der Waals surface area contributed by atoms with Gasteiger partial charge in [-0.3, -0.25) is 37.3 Å². The van der Waals surface area contributed by atoms with Gasteiger partial charge in [0.1, 0.15) is 19.3 Å². The van der Waals surface area contributed by atoms with Crippen LogP contribution in [0.5, 0.6) is 0 Å². The van der Waals surface area contributed by atoms with Gasteiger partial charge in [0, 0.05) is 25.7 Å². The summed E-state index contributed by atoms with van der Waals surface area (Å²) < 4.78 is 67.6. The van der Waals surface area contributed by atoms with Gasteiger partial charge < -0.3 is 33.8 Å². The molecule has 0 aromatic heterocycles. The molecule has 0 spiro atoms. The fourth-order valence-corrected chi connectivity index (χ4v) is 10.0. The number of unbranched alkanes of at least 4 members (excludes halogenated alkanes) is 26. The minimum absolute atomic E-state index is 0.103. The van der Waals surface area contributed by atoms with Crippen LogP contribution < -0.4 is 0 Å². The maximum atomic E-state index is 12.9. The van der Waals surface area contributed by atoms with Crippen LogP contribution in [0.1, 0.15) is 279 Å². The first-order valence-corrected chi connectivity index (χ1v) is 33.5. The van der Waals surface area contributed by atoms with E-state index in [1.807, 2.05) is 0 Å². The molecule has 0 aliphatic rings. The molecule has 0 aliphatic carbocycles. The molecule has 6 atom stereocenters. The topological polar surface area (TPSA) is 237 Å². The lowest BCUT2D eigenvalue weighted by atomic mass is 10.00. The molecule has 0 radical (unpaired) electrons. The maximum absolute atomic E-state index is 12.9. The number of carbonyl (C=O) groups is 4. The minimum atomic E-state index is -4.94. The summed E-state index contributed by atoms with van der Waals surface area (Å²) in [6.45, 7) is 9.31. The highest BCUT2D eigenvalue weighted by Gasteiger charge is 2.30. The zero-order chi connectivity index (χ0) is 57.3. The van der Waals surface area contributed by atoms with E-state index in [0.29, 0.717) is 25.7 Å². The van der Waals surface area contributed by atoms with Crippen molar-refractivity contribution in [2.75, 3.05) is 39.6 Å². The van der Waals surface area contributed by atoms with Crippen LogP contribution in [0.15, 0.2) is 0 Å². The third-order valence-corrected chi connectivity index (χ3v) is 15.5. The van der Waals surface area contributed by atoms with Gasteiger partial charge in [-0.2, -0.15) is 0 Å². The van der Waals surface area contributed by atoms with Crippen molar-refractivity contribution in [3.63, 3.8) is 0 Å². The molecule has 0 bridgehead atoms. The lowest BCUT2D eigenvalue weighted by Crippen LogP contribution is -2.30. The Morgan fingerprint density at radius 3 is 0.987 bits per heavy atom. The van der Waals surface area contributed by atoms with E-state index in [1.165, 1.54) is 77.0 Å². The maximum Gasteiger partial charge on any atom is 0.472 e. The molecular formula is C58H112O17P2. The normalized spacial score (nSPS) is 14.8. The molecule has 0 aromatic rings. The Balaban J connectivity index is 5.23. The van der Waals surface area contributed by atoms with E-state index < -0.39 is 97.5 Å². The van der Waals surface area contributed by atoms with Crippen LogP contribution in [0.4, 0.5) is 0 Å². The van der Waals surface area contributed by atoms with Gasteiger partial charge in [0.2, 0.25) is 0 Å². The Hall–Kier alpha value is -1.94. The van der Waals surface area contributed by atoms with E-state index in [4.69, 9.17) is 37.0 Å². The van der Waals surface area contributed by atoms with E-state index in [1.54, 1.807) is 0 Å². The van der Waals surface area contributed by atoms with Crippen molar-refractivity contribution in [3.8, 4) is 0 Å². The Morgan fingerprint density at radius 1 is 0.377 bits per heavy atom. The molecule has 3 N–H and O–H groups in total. The summed E-state index contributed by atoms with van der Waals surface area (Å²) in [5.74, 6) is -0.701. The number of ether oxygens (including phenoxy) is 4. The van der Waals surface area contributed by atoms with Gasteiger partial charge in [0.05, 0.1) is 26.4 Å². The average Bonchev–Trinajstić information content (AvgIpc) is 3.39. The molecule has 456 valence electrons. The molecule has 0 saturated heterocycles. The van der Waals surface area contributed by atoms with Gasteiger partial charge in [-0.15, -0.1) is 0 Å². The van der Waals surface area contributed by atoms with Crippen LogP contribution >= 0.6 is 15.6 Å². The van der Waals surface area contributed by atoms with Crippen molar-refractivity contribution < 1.29 is 80.2 Å². The zero-order valence-corrected chi connectivity index (χ0v) is 51.0. The van der Waals surface area contributed by atoms with E-state index in [0.717, 1.165) is 121 Å². The fraction of sp³-hybridized carbons (Fsp3) is 0.931. The number of phosphoric ester groups is 2. The summed E-state index contributed by atoms with van der Waals surface area (Å²) in [5.41, 5.74) is 0. The zero-order valence-electron chi connectivity index (χ0n) is 49.2. The van der Waals surface area contributed by atoms with Gasteiger partial charge in [0.15, 0.2) is 12.2 Å². The molecule has 0 saturated carbocycles. The fourth-order valence-electron chi connectivity index (χ4n) is 8.44. The lowest BCUT2D eigenvalue weighted by molar-refractivity contribution is -0.161. The van der Waals surface area contributed by atoms with Crippen molar-refractivity contribution in [1.82, 2.24) is 0 Å². The Bertz CT molecular complexity index is 1530. The number of aliphatic hydroxyl groups is 1. The molecule has 17 nitrogen and oxygen atoms in total. The molecule has 0 rings (SSSR count). The quantitative estimate of drug-likeness (QED) is 0.0222. The van der Waals surface area contributed by atoms with Crippen molar-refractivity contribution in [3.05, 3.63) is 0 Å². The van der Waals surface area contributed by atoms with Gasteiger partial charge >= 0.3 is 39.5 Å². The van der Waals surface area contributed by atoms with Gasteiger partial charge in [-0.25, -0.2) is 9.13 Å². The highest BCUT2D eigenvalue weighted by atomic mass is 31.2. The summed E-state index contributed by atoms with van der Waals surface area (Å²) in [5, 5.41) is 10.5. The molecular weight excluding hydrogens is 1030 g/mol. The van der Waals surface area contributed by atoms with Crippen LogP contribution in [0.2, 0.25) is 0 Å². The first kappa shape index (κ1) is 75.1. The predicted octanol–water partition coefficient (Wildman–Crippen LogP) is 15.3. The average molecular weight is 1140 g/mol. The molecule has 0 amide bonds. The summed E-state index contributed by atoms with van der Waals surface area (Å²) >= 11 is 0. The molecule has 0 aromatic carbocycles. The minimum Gasteiger partial charge on any atom is -0.462 e. The number of carbonyl (C=O) groups excluding carboxylic acids is 4. The monoisotopic (exact) mass is 1140 g/mol. The third-order valence-electron chi connectivity index (χ3n) is 13.6. The summed E-state index contributed by atoms with van der Waals surface area (Å²) in [6.07, 6.45) is 30.9. The van der Waals surface area contributed by atoms with Gasteiger partial charge in [0.25, 0.3) is 0 Å². The van der Waals surface area contributed by atoms with Crippen molar-refractivity contribution in [2.45, 2.75) is 297 Å². The first-order valence-electron chi connectivity index (χ1n) is 30.5. The highest BCUT2D eigenvalue weighted by Crippen LogP contribution is 2.45. The highest BCUT2D eigenvalue weighted by molar-refractivity contribution is 7.47. The second-order valence-corrected chi connectivity index (χ2v) is 24.7. The van der Waals surface area contributed by atoms with Crippen molar-refractivity contribution in [1.29, 1.82) is 0 Å². The number of rotatable bonds is 57. The van der Waals surface area contributed by atoms with E-state index in [2.05, 4.69) is 41.5 Å². The van der Waals surface area contributed by atoms with Gasteiger partial charge in [-0.1, -0.05) is 228 Å². The SMILES string of the molecule is CCCCCCCCCCC(=O)OC[C@H](COP(=O)(O)OC[C@H](O)COP(=O)(O)OC[C@@H](COC(=O)CCCCCCCCC(C)CC)OC(=O)CCCCCCCCCCC(C)C)OC(=O)CCCCCCCCCC. The lowest BCUT2D eigenvalue weighted by Gasteiger charge is -2.21. The largest absolute Gasteiger partial charge is 0.472 e. The van der Waals surface area contributed by atoms with Crippen LogP contribution in [0.25, 0.3) is 0 Å². The number of aliphatic hydroxyl groups excluding tert-OH is 1. The van der Waals surface area contributed by atoms with Crippen LogP contribution in [0.3, 0.4) is 0 Å². The molecule has 77 heavy (non-hydrogen) atoms. The van der Waals surface area contributed by atoms with Crippen LogP contribution in [0, 0.1) is 11.8 Å². The molecule has 0 aliphatic heterocycles. The van der Waals surface area contributed by atoms with Crippen LogP contribution in [-0.2, 0) is 65.4 Å². The Kier molecular flexibility index (Phi) is 49.7. The molecule has 3 unspecified atom stereocenters. The number of hydrogen-bond donors (Lipinski definition) is 3. The summed E-state index contributed by atoms with van der Waals surface area (Å²) in [4.78, 5) is 71.7.